The van der Waals surface area contributed by atoms with Crippen LogP contribution < -0.4 is 10.2 Å². The zero-order valence-electron chi connectivity index (χ0n) is 8.28. The molecule has 0 unspecified atom stereocenters. The van der Waals surface area contributed by atoms with Crippen molar-refractivity contribution in [1.82, 2.24) is 9.55 Å². The monoisotopic (exact) mass is 225 g/mol. The van der Waals surface area contributed by atoms with Crippen molar-refractivity contribution < 1.29 is 19.7 Å². The van der Waals surface area contributed by atoms with E-state index in [1.165, 1.54) is 6.07 Å². The van der Waals surface area contributed by atoms with E-state index in [9.17, 15) is 5.11 Å². The third-order valence-electron chi connectivity index (χ3n) is 2.84. The Morgan fingerprint density at radius 1 is 1.56 bits per heavy atom. The van der Waals surface area contributed by atoms with Crippen LogP contribution >= 0.6 is 0 Å². The Balaban J connectivity index is 1.99. The van der Waals surface area contributed by atoms with E-state index < -0.39 is 24.5 Å². The lowest BCUT2D eigenvalue weighted by molar-refractivity contribution is -0.0434. The van der Waals surface area contributed by atoms with Gasteiger partial charge in [-0.3, -0.25) is 9.98 Å². The number of nitrogens with zero attached hydrogens (tertiary/aromatic N) is 2. The molecule has 3 rings (SSSR count). The van der Waals surface area contributed by atoms with Crippen molar-refractivity contribution in [2.24, 2.45) is 0 Å². The molecule has 4 atom stereocenters. The molecule has 7 heteroatoms. The van der Waals surface area contributed by atoms with Gasteiger partial charge in [-0.05, 0) is 6.07 Å². The van der Waals surface area contributed by atoms with E-state index in [1.807, 2.05) is 0 Å². The van der Waals surface area contributed by atoms with Gasteiger partial charge in [0, 0.05) is 6.20 Å². The molecule has 7 nitrogen and oxygen atoms in total. The molecule has 0 aromatic carbocycles. The first kappa shape index (κ1) is 9.76. The number of aliphatic hydroxyl groups excluding tert-OH is 2. The average Bonchev–Trinajstić information content (AvgIpc) is 2.75. The average molecular weight is 225 g/mol. The highest BCUT2D eigenvalue weighted by molar-refractivity contribution is 5.10. The number of hydrogen-bond acceptors (Lipinski definition) is 6. The van der Waals surface area contributed by atoms with Crippen LogP contribution in [0.25, 0.3) is 0 Å². The molecule has 0 bridgehead atoms. The maximum absolute atomic E-state index is 9.80. The molecule has 2 aliphatic heterocycles. The van der Waals surface area contributed by atoms with E-state index in [-0.39, 0.29) is 18.1 Å². The van der Waals surface area contributed by atoms with Crippen molar-refractivity contribution in [3.8, 4) is 6.01 Å². The van der Waals surface area contributed by atoms with Crippen LogP contribution in [0.3, 0.4) is 0 Å². The summed E-state index contributed by atoms with van der Waals surface area (Å²) < 4.78 is 12.5. The first-order valence-electron chi connectivity index (χ1n) is 4.95. The molecule has 1 aromatic heterocycles. The molecular formula is C9H11N3O4. The molecule has 0 amide bonds. The van der Waals surface area contributed by atoms with E-state index in [0.717, 1.165) is 0 Å². The van der Waals surface area contributed by atoms with Gasteiger partial charge < -0.3 is 19.7 Å². The van der Waals surface area contributed by atoms with Gasteiger partial charge in [-0.1, -0.05) is 0 Å². The number of ether oxygens (including phenoxy) is 2. The summed E-state index contributed by atoms with van der Waals surface area (Å²) in [4.78, 5) is 3.88. The minimum absolute atomic E-state index is 0.0967. The van der Waals surface area contributed by atoms with Crippen LogP contribution in [0.15, 0.2) is 12.3 Å². The van der Waals surface area contributed by atoms with E-state index in [0.29, 0.717) is 0 Å². The highest BCUT2D eigenvalue weighted by atomic mass is 16.6. The topological polar surface area (TPSA) is 101 Å². The molecule has 1 saturated heterocycles. The molecule has 1 fully saturated rings. The van der Waals surface area contributed by atoms with E-state index in [4.69, 9.17) is 20.0 Å². The first-order chi connectivity index (χ1) is 7.70. The summed E-state index contributed by atoms with van der Waals surface area (Å²) in [5, 5.41) is 26.1. The summed E-state index contributed by atoms with van der Waals surface area (Å²) in [6.45, 7) is -0.253. The third-order valence-corrected chi connectivity index (χ3v) is 2.84. The zero-order valence-corrected chi connectivity index (χ0v) is 8.28. The summed E-state index contributed by atoms with van der Waals surface area (Å²) in [7, 11) is 0. The minimum atomic E-state index is -0.883. The van der Waals surface area contributed by atoms with Crippen LogP contribution in [-0.2, 0) is 4.74 Å². The summed E-state index contributed by atoms with van der Waals surface area (Å²) >= 11 is 0. The van der Waals surface area contributed by atoms with Crippen LogP contribution in [0.2, 0.25) is 0 Å². The van der Waals surface area contributed by atoms with Crippen molar-refractivity contribution in [2.75, 3.05) is 6.61 Å². The van der Waals surface area contributed by atoms with Gasteiger partial charge in [-0.15, -0.1) is 0 Å². The fourth-order valence-corrected chi connectivity index (χ4v) is 2.04. The van der Waals surface area contributed by atoms with Crippen LogP contribution in [0, 0.1) is 5.41 Å². The molecule has 0 radical (unpaired) electrons. The molecular weight excluding hydrogens is 214 g/mol. The fourth-order valence-electron chi connectivity index (χ4n) is 2.04. The molecule has 3 N–H and O–H groups in total. The predicted molar refractivity (Wildman–Crippen MR) is 49.5 cm³/mol. The van der Waals surface area contributed by atoms with Gasteiger partial charge in [0.05, 0.1) is 6.61 Å². The molecule has 0 saturated carbocycles. The van der Waals surface area contributed by atoms with E-state index >= 15 is 0 Å². The molecule has 86 valence electrons. The van der Waals surface area contributed by atoms with E-state index in [2.05, 4.69) is 4.98 Å². The number of rotatable bonds is 1. The SMILES string of the molecule is N=c1ccn2c(n1)O[C@H]1[C@H](O)[C@H](CO)O[C@@H]12. The van der Waals surface area contributed by atoms with Crippen molar-refractivity contribution in [1.29, 1.82) is 5.41 Å². The van der Waals surface area contributed by atoms with Crippen LogP contribution in [0.4, 0.5) is 0 Å². The number of nitrogens with one attached hydrogen (secondary N) is 1. The third kappa shape index (κ3) is 1.19. The summed E-state index contributed by atoms with van der Waals surface area (Å²) in [5.41, 5.74) is 0.0967. The fraction of sp³-hybridized carbons (Fsp3) is 0.556. The second kappa shape index (κ2) is 3.27. The lowest BCUT2D eigenvalue weighted by Gasteiger charge is -2.14. The molecule has 0 aliphatic carbocycles. The molecule has 2 aliphatic rings. The predicted octanol–water partition coefficient (Wildman–Crippen LogP) is -1.63. The van der Waals surface area contributed by atoms with Gasteiger partial charge in [-0.25, -0.2) is 0 Å². The Morgan fingerprint density at radius 2 is 2.38 bits per heavy atom. The zero-order chi connectivity index (χ0) is 11.3. The van der Waals surface area contributed by atoms with Gasteiger partial charge in [0.25, 0.3) is 0 Å². The lowest BCUT2D eigenvalue weighted by Crippen LogP contribution is -2.34. The van der Waals surface area contributed by atoms with Gasteiger partial charge in [0.1, 0.15) is 12.2 Å². The standard InChI is InChI=1S/C9H11N3O4/c10-5-1-2-12-8-7(16-9(12)11-5)6(14)4(3-13)15-8/h1-2,4,6-8,10,13-14H,3H2/t4-,6+,7-,8-/m0/s1. The van der Waals surface area contributed by atoms with Crippen LogP contribution in [0.1, 0.15) is 6.23 Å². The normalized spacial score (nSPS) is 35.6. The quantitative estimate of drug-likeness (QED) is 0.533. The number of hydrogen-bond donors (Lipinski definition) is 3. The van der Waals surface area contributed by atoms with E-state index in [1.54, 1.807) is 10.8 Å². The van der Waals surface area contributed by atoms with Crippen molar-refractivity contribution >= 4 is 0 Å². The highest BCUT2D eigenvalue weighted by Crippen LogP contribution is 2.38. The van der Waals surface area contributed by atoms with Crippen molar-refractivity contribution in [3.63, 3.8) is 0 Å². The van der Waals surface area contributed by atoms with Crippen molar-refractivity contribution in [3.05, 3.63) is 17.8 Å². The molecule has 1 aromatic rings. The molecule has 3 heterocycles. The number of aliphatic hydroxyl groups is 2. The maximum atomic E-state index is 9.80. The molecule has 0 spiro atoms. The largest absolute Gasteiger partial charge is 0.454 e. The smallest absolute Gasteiger partial charge is 0.301 e. The van der Waals surface area contributed by atoms with Gasteiger partial charge >= 0.3 is 6.01 Å². The maximum Gasteiger partial charge on any atom is 0.301 e. The Morgan fingerprint density at radius 3 is 3.12 bits per heavy atom. The summed E-state index contributed by atoms with van der Waals surface area (Å²) in [5.74, 6) is 0. The first-order valence-corrected chi connectivity index (χ1v) is 4.95. The van der Waals surface area contributed by atoms with Gasteiger partial charge in [0.2, 0.25) is 0 Å². The molecule has 16 heavy (non-hydrogen) atoms. The second-order valence-electron chi connectivity index (χ2n) is 3.82. The van der Waals surface area contributed by atoms with Crippen molar-refractivity contribution in [2.45, 2.75) is 24.5 Å². The Labute approximate surface area is 90.4 Å². The van der Waals surface area contributed by atoms with Gasteiger partial charge in [0.15, 0.2) is 17.8 Å². The Kier molecular flexibility index (Phi) is 2.00. The number of aromatic nitrogens is 2. The Bertz CT molecular complexity index is 474. The van der Waals surface area contributed by atoms with Crippen LogP contribution in [0.5, 0.6) is 6.01 Å². The van der Waals surface area contributed by atoms with Crippen LogP contribution in [-0.4, -0.2) is 44.7 Å². The lowest BCUT2D eigenvalue weighted by atomic mass is 10.1. The highest BCUT2D eigenvalue weighted by Gasteiger charge is 2.50. The minimum Gasteiger partial charge on any atom is -0.454 e. The Hall–Kier alpha value is -1.44. The summed E-state index contributed by atoms with van der Waals surface area (Å²) in [6, 6.07) is 1.77. The second-order valence-corrected chi connectivity index (χ2v) is 3.82. The summed E-state index contributed by atoms with van der Waals surface area (Å²) in [6.07, 6.45) is -0.930. The number of fused-ring (bicyclic) bond motifs is 3. The van der Waals surface area contributed by atoms with Gasteiger partial charge in [-0.2, -0.15) is 4.98 Å².